The molecule has 6 rings (SSSR count). The first-order valence-electron chi connectivity index (χ1n) is 15.2. The highest BCUT2D eigenvalue weighted by Crippen LogP contribution is 2.40. The smallest absolute Gasteiger partial charge is 0.319 e. The Hall–Kier alpha value is -3.22. The van der Waals surface area contributed by atoms with E-state index in [-0.39, 0.29) is 12.1 Å². The molecule has 0 bridgehead atoms. The lowest BCUT2D eigenvalue weighted by Gasteiger charge is -2.36. The number of benzene rings is 3. The lowest BCUT2D eigenvalue weighted by Crippen LogP contribution is -2.48. The van der Waals surface area contributed by atoms with Gasteiger partial charge in [0.25, 0.3) is 0 Å². The second-order valence-electron chi connectivity index (χ2n) is 11.3. The van der Waals surface area contributed by atoms with Crippen LogP contribution >= 0.6 is 46.4 Å². The first kappa shape index (κ1) is 33.7. The number of hydrogen-bond donors (Lipinski definition) is 2. The number of para-hydroxylation sites is 1. The fourth-order valence-electron chi connectivity index (χ4n) is 5.65. The zero-order valence-corrected chi connectivity index (χ0v) is 28.4. The minimum Gasteiger partial charge on any atom is -0.491 e. The van der Waals surface area contributed by atoms with Crippen molar-refractivity contribution in [3.8, 4) is 5.75 Å². The third-order valence-electron chi connectivity index (χ3n) is 8.08. The topological polar surface area (TPSA) is 93.1 Å². The maximum absolute atomic E-state index is 12.3. The van der Waals surface area contributed by atoms with Crippen molar-refractivity contribution >= 4 is 63.8 Å². The lowest BCUT2D eigenvalue weighted by atomic mass is 10.1. The number of nitrogens with one attached hydrogen (secondary N) is 2. The van der Waals surface area contributed by atoms with E-state index in [4.69, 9.17) is 60.6 Å². The molecule has 0 aliphatic carbocycles. The van der Waals surface area contributed by atoms with Gasteiger partial charge in [-0.1, -0.05) is 58.5 Å². The van der Waals surface area contributed by atoms with Crippen molar-refractivity contribution in [2.24, 2.45) is 0 Å². The van der Waals surface area contributed by atoms with Crippen molar-refractivity contribution in [3.63, 3.8) is 0 Å². The summed E-state index contributed by atoms with van der Waals surface area (Å²) in [5, 5.41) is 7.39. The second-order valence-corrected chi connectivity index (χ2v) is 12.9. The van der Waals surface area contributed by atoms with Gasteiger partial charge in [0, 0.05) is 67.9 Å². The number of urea groups is 1. The molecule has 2 atom stereocenters. The number of amides is 2. The van der Waals surface area contributed by atoms with Crippen molar-refractivity contribution in [1.29, 1.82) is 0 Å². The molecular weight excluding hydrogens is 686 g/mol. The van der Waals surface area contributed by atoms with Gasteiger partial charge < -0.3 is 34.3 Å². The van der Waals surface area contributed by atoms with Crippen LogP contribution in [0.4, 0.5) is 16.2 Å². The van der Waals surface area contributed by atoms with Gasteiger partial charge in [0.15, 0.2) is 0 Å². The Kier molecular flexibility index (Phi) is 11.0. The Morgan fingerprint density at radius 2 is 1.74 bits per heavy atom. The molecule has 2 saturated heterocycles. The van der Waals surface area contributed by atoms with E-state index in [1.807, 2.05) is 29.0 Å². The van der Waals surface area contributed by atoms with Gasteiger partial charge in [-0.25, -0.2) is 9.78 Å². The van der Waals surface area contributed by atoms with E-state index in [2.05, 4.69) is 37.6 Å². The zero-order valence-electron chi connectivity index (χ0n) is 25.4. The van der Waals surface area contributed by atoms with Gasteiger partial charge in [-0.3, -0.25) is 4.90 Å². The first-order chi connectivity index (χ1) is 22.8. The summed E-state index contributed by atoms with van der Waals surface area (Å²) in [6.07, 6.45) is 4.96. The van der Waals surface area contributed by atoms with Gasteiger partial charge in [-0.15, -0.1) is 0 Å². The average molecular weight is 720 g/mol. The van der Waals surface area contributed by atoms with E-state index in [1.165, 1.54) is 0 Å². The molecule has 2 aliphatic heterocycles. The molecule has 2 fully saturated rings. The molecule has 0 unspecified atom stereocenters. The molecule has 3 aromatic carbocycles. The third-order valence-corrected chi connectivity index (χ3v) is 9.25. The van der Waals surface area contributed by atoms with Crippen molar-refractivity contribution in [1.82, 2.24) is 19.8 Å². The average Bonchev–Trinajstić information content (AvgIpc) is 3.73. The molecule has 4 aromatic rings. The van der Waals surface area contributed by atoms with Crippen LogP contribution in [-0.2, 0) is 21.8 Å². The van der Waals surface area contributed by atoms with Crippen LogP contribution in [0, 0.1) is 0 Å². The van der Waals surface area contributed by atoms with Crippen LogP contribution in [0.15, 0.2) is 79.4 Å². The lowest BCUT2D eigenvalue weighted by molar-refractivity contribution is -0.189. The monoisotopic (exact) mass is 718 g/mol. The van der Waals surface area contributed by atoms with Crippen molar-refractivity contribution in [2.75, 3.05) is 62.7 Å². The summed E-state index contributed by atoms with van der Waals surface area (Å²) in [4.78, 5) is 21.1. The molecule has 3 heterocycles. The van der Waals surface area contributed by atoms with Crippen LogP contribution in [0.5, 0.6) is 5.75 Å². The molecule has 2 N–H and O–H groups in total. The molecule has 2 aliphatic rings. The highest BCUT2D eigenvalue weighted by molar-refractivity contribution is 6.39. The number of piperazine rings is 1. The predicted octanol–water partition coefficient (Wildman–Crippen LogP) is 6.79. The van der Waals surface area contributed by atoms with Crippen molar-refractivity contribution in [2.45, 2.75) is 18.4 Å². The van der Waals surface area contributed by atoms with Gasteiger partial charge in [-0.2, -0.15) is 0 Å². The molecule has 10 nitrogen and oxygen atoms in total. The number of nitrogens with zero attached hydrogens (tertiary/aromatic N) is 4. The van der Waals surface area contributed by atoms with Crippen LogP contribution < -0.4 is 20.3 Å². The molecule has 14 heteroatoms. The van der Waals surface area contributed by atoms with E-state index in [0.29, 0.717) is 57.6 Å². The van der Waals surface area contributed by atoms with Gasteiger partial charge in [-0.05, 0) is 48.5 Å². The number of halogens is 4. The minimum atomic E-state index is -1.10. The quantitative estimate of drug-likeness (QED) is 0.176. The highest BCUT2D eigenvalue weighted by atomic mass is 35.5. The molecule has 1 aromatic heterocycles. The van der Waals surface area contributed by atoms with E-state index in [0.717, 1.165) is 44.2 Å². The number of aromatic nitrogens is 2. The maximum atomic E-state index is 12.3. The number of rotatable bonds is 11. The summed E-state index contributed by atoms with van der Waals surface area (Å²) in [5.41, 5.74) is 2.23. The largest absolute Gasteiger partial charge is 0.491 e. The fraction of sp³-hybridized carbons (Fsp3) is 0.333. The van der Waals surface area contributed by atoms with Gasteiger partial charge >= 0.3 is 6.03 Å². The van der Waals surface area contributed by atoms with Crippen molar-refractivity contribution < 1.29 is 19.0 Å². The highest BCUT2D eigenvalue weighted by Gasteiger charge is 2.45. The molecule has 47 heavy (non-hydrogen) atoms. The van der Waals surface area contributed by atoms with Crippen LogP contribution in [0.25, 0.3) is 0 Å². The maximum Gasteiger partial charge on any atom is 0.319 e. The normalized spacial score (nSPS) is 19.9. The summed E-state index contributed by atoms with van der Waals surface area (Å²) >= 11 is 25.0. The standard InChI is InChI=1S/C33H34Cl4N6O4/c34-23-4-9-27(30(37)18-23)33(21-42-12-10-38-22-42)46-20-26(47-33)19-45-25-7-5-24(6-8-25)43-16-14-41(15-17-43)13-11-39-32(44)40-31-28(35)2-1-3-29(31)36/h1-10,12,18,22,26H,11,13-17,19-21H2,(H2,39,40,44)/t26-,33-/m1/s1. The fourth-order valence-corrected chi connectivity index (χ4v) is 6.69. The number of ether oxygens (including phenoxy) is 3. The summed E-state index contributed by atoms with van der Waals surface area (Å²) in [5.74, 6) is -0.356. The van der Waals surface area contributed by atoms with Gasteiger partial charge in [0.05, 0.1) is 40.2 Å². The molecular formula is C33H34Cl4N6O4. The van der Waals surface area contributed by atoms with E-state index >= 15 is 0 Å². The third kappa shape index (κ3) is 8.45. The molecule has 0 saturated carbocycles. The Morgan fingerprint density at radius 1 is 0.979 bits per heavy atom. The Bertz CT molecular complexity index is 1630. The number of hydrogen-bond acceptors (Lipinski definition) is 7. The molecule has 248 valence electrons. The Balaban J connectivity index is 0.950. The van der Waals surface area contributed by atoms with E-state index in [9.17, 15) is 4.79 Å². The summed E-state index contributed by atoms with van der Waals surface area (Å²) in [7, 11) is 0. The summed E-state index contributed by atoms with van der Waals surface area (Å²) in [6, 6.07) is 18.1. The summed E-state index contributed by atoms with van der Waals surface area (Å²) < 4.78 is 20.8. The molecule has 0 radical (unpaired) electrons. The number of imidazole rings is 1. The Morgan fingerprint density at radius 3 is 2.45 bits per heavy atom. The minimum absolute atomic E-state index is 0.312. The van der Waals surface area contributed by atoms with E-state index in [1.54, 1.807) is 42.9 Å². The van der Waals surface area contributed by atoms with Gasteiger partial charge in [0.2, 0.25) is 5.79 Å². The zero-order chi connectivity index (χ0) is 32.8. The first-order valence-corrected chi connectivity index (χ1v) is 16.7. The van der Waals surface area contributed by atoms with Crippen LogP contribution in [0.2, 0.25) is 20.1 Å². The second kappa shape index (κ2) is 15.3. The van der Waals surface area contributed by atoms with Crippen LogP contribution in [-0.4, -0.2) is 79.1 Å². The number of anilines is 2. The predicted molar refractivity (Wildman–Crippen MR) is 185 cm³/mol. The van der Waals surface area contributed by atoms with Gasteiger partial charge in [0.1, 0.15) is 18.5 Å². The van der Waals surface area contributed by atoms with Crippen LogP contribution in [0.1, 0.15) is 5.56 Å². The molecule has 0 spiro atoms. The SMILES string of the molecule is O=C(NCCN1CCN(c2ccc(OC[C@@H]3CO[C@@](Cn4ccnc4)(c4ccc(Cl)cc4Cl)O3)cc2)CC1)Nc1c(Cl)cccc1Cl. The Labute approximate surface area is 293 Å². The van der Waals surface area contributed by atoms with E-state index < -0.39 is 5.79 Å². The molecule has 2 amide bonds. The number of carbonyl (C=O) groups is 1. The van der Waals surface area contributed by atoms with Crippen LogP contribution in [0.3, 0.4) is 0 Å². The summed E-state index contributed by atoms with van der Waals surface area (Å²) in [6.45, 7) is 5.79. The number of carbonyl (C=O) groups excluding carboxylic acids is 1. The van der Waals surface area contributed by atoms with Crippen molar-refractivity contribution in [3.05, 3.63) is 105 Å².